The third-order valence-corrected chi connectivity index (χ3v) is 6.29. The predicted octanol–water partition coefficient (Wildman–Crippen LogP) is 3.58. The largest absolute Gasteiger partial charge is 0.372 e. The molecule has 3 aliphatic rings. The van der Waals surface area contributed by atoms with Crippen molar-refractivity contribution in [1.29, 1.82) is 0 Å². The van der Waals surface area contributed by atoms with Gasteiger partial charge in [-0.1, -0.05) is 30.3 Å². The zero-order valence-electron chi connectivity index (χ0n) is 16.0. The fourth-order valence-electron chi connectivity index (χ4n) is 4.93. The zero-order chi connectivity index (χ0) is 19.5. The van der Waals surface area contributed by atoms with Crippen molar-refractivity contribution >= 4 is 33.9 Å². The molecule has 3 aromatic rings. The molecular weight excluding hydrogens is 364 g/mol. The minimum Gasteiger partial charge on any atom is -0.372 e. The highest BCUT2D eigenvalue weighted by Gasteiger charge is 2.34. The van der Waals surface area contributed by atoms with Crippen LogP contribution in [0.25, 0.3) is 22.0 Å². The van der Waals surface area contributed by atoms with E-state index in [4.69, 9.17) is 4.74 Å². The van der Waals surface area contributed by atoms with Crippen LogP contribution in [-0.2, 0) is 40.5 Å². The molecule has 0 saturated heterocycles. The minimum absolute atomic E-state index is 0.316. The van der Waals surface area contributed by atoms with Crippen molar-refractivity contribution in [2.75, 3.05) is 0 Å². The van der Waals surface area contributed by atoms with Crippen molar-refractivity contribution in [3.05, 3.63) is 70.4 Å². The van der Waals surface area contributed by atoms with E-state index in [9.17, 15) is 9.59 Å². The summed E-state index contributed by atoms with van der Waals surface area (Å²) in [4.78, 5) is 25.7. The lowest BCUT2D eigenvalue weighted by atomic mass is 9.93. The lowest BCUT2D eigenvalue weighted by Crippen LogP contribution is -2.22. The van der Waals surface area contributed by atoms with Crippen LogP contribution >= 0.6 is 0 Å². The molecule has 29 heavy (non-hydrogen) atoms. The van der Waals surface area contributed by atoms with Crippen LogP contribution in [-0.4, -0.2) is 16.4 Å². The van der Waals surface area contributed by atoms with Gasteiger partial charge in [-0.05, 0) is 47.6 Å². The van der Waals surface area contributed by atoms with Crippen LogP contribution in [0.5, 0.6) is 0 Å². The van der Waals surface area contributed by atoms with Gasteiger partial charge in [-0.25, -0.2) is 0 Å². The molecule has 5 nitrogen and oxygen atoms in total. The van der Waals surface area contributed by atoms with E-state index in [2.05, 4.69) is 34.3 Å². The smallest absolute Gasteiger partial charge is 0.259 e. The summed E-state index contributed by atoms with van der Waals surface area (Å²) < 4.78 is 7.77. The van der Waals surface area contributed by atoms with E-state index in [1.54, 1.807) is 0 Å². The number of fused-ring (bicyclic) bond motifs is 1. The number of aryl methyl sites for hydroxylation is 2. The maximum atomic E-state index is 12.9. The third kappa shape index (κ3) is 2.44. The summed E-state index contributed by atoms with van der Waals surface area (Å²) in [6.45, 7) is 2.08. The molecule has 0 unspecified atom stereocenters. The number of nitrogens with one attached hydrogen (secondary N) is 1. The van der Waals surface area contributed by atoms with Gasteiger partial charge in [0.05, 0.1) is 29.9 Å². The molecule has 1 aromatic heterocycles. The maximum absolute atomic E-state index is 12.9. The number of imide groups is 1. The average Bonchev–Trinajstić information content (AvgIpc) is 3.35. The molecule has 5 heteroatoms. The van der Waals surface area contributed by atoms with Crippen LogP contribution in [0.15, 0.2) is 42.6 Å². The van der Waals surface area contributed by atoms with E-state index in [0.717, 1.165) is 47.0 Å². The molecule has 0 atom stereocenters. The highest BCUT2D eigenvalue weighted by molar-refractivity contribution is 6.50. The maximum Gasteiger partial charge on any atom is 0.259 e. The number of carbonyl (C=O) groups excluding carboxylic acids is 2. The van der Waals surface area contributed by atoms with Crippen molar-refractivity contribution in [2.45, 2.75) is 39.0 Å². The number of aromatic nitrogens is 1. The Hall–Kier alpha value is -3.18. The summed E-state index contributed by atoms with van der Waals surface area (Å²) in [7, 11) is 0. The Labute approximate surface area is 168 Å². The molecule has 2 aromatic carbocycles. The number of hydrogen-bond acceptors (Lipinski definition) is 3. The Bertz CT molecular complexity index is 1250. The second-order valence-electron chi connectivity index (χ2n) is 8.02. The first-order chi connectivity index (χ1) is 14.2. The van der Waals surface area contributed by atoms with Crippen LogP contribution < -0.4 is 5.32 Å². The summed E-state index contributed by atoms with van der Waals surface area (Å²) in [5.74, 6) is -0.642. The lowest BCUT2D eigenvalue weighted by molar-refractivity contribution is -0.122. The van der Waals surface area contributed by atoms with Crippen molar-refractivity contribution in [2.24, 2.45) is 0 Å². The molecule has 0 fully saturated rings. The van der Waals surface area contributed by atoms with E-state index in [-0.39, 0.29) is 11.8 Å². The van der Waals surface area contributed by atoms with Gasteiger partial charge in [0.25, 0.3) is 11.8 Å². The Kier molecular flexibility index (Phi) is 3.56. The molecule has 3 aliphatic heterocycles. The number of amides is 2. The van der Waals surface area contributed by atoms with Crippen LogP contribution in [0.3, 0.4) is 0 Å². The molecule has 0 bridgehead atoms. The topological polar surface area (TPSA) is 60.3 Å². The lowest BCUT2D eigenvalue weighted by Gasteiger charge is -2.07. The van der Waals surface area contributed by atoms with Gasteiger partial charge in [0.15, 0.2) is 0 Å². The number of benzene rings is 2. The van der Waals surface area contributed by atoms with Gasteiger partial charge in [0.1, 0.15) is 0 Å². The number of para-hydroxylation sites is 1. The second-order valence-corrected chi connectivity index (χ2v) is 8.02. The van der Waals surface area contributed by atoms with Gasteiger partial charge < -0.3 is 9.30 Å². The minimum atomic E-state index is -0.326. The van der Waals surface area contributed by atoms with Crippen molar-refractivity contribution in [1.82, 2.24) is 9.88 Å². The molecule has 6 rings (SSSR count). The molecule has 0 aliphatic carbocycles. The third-order valence-electron chi connectivity index (χ3n) is 6.29. The van der Waals surface area contributed by atoms with Crippen LogP contribution in [0.4, 0.5) is 0 Å². The number of ether oxygens (including phenoxy) is 1. The van der Waals surface area contributed by atoms with Crippen LogP contribution in [0.1, 0.15) is 40.7 Å². The SMILES string of the molecule is O=C1NC(=O)C(c2cn3c4c(cccc24)CCCC3)=C1c1ccc2c(c1)COC2. The quantitative estimate of drug-likeness (QED) is 0.687. The number of carbonyl (C=O) groups is 2. The Morgan fingerprint density at radius 1 is 0.897 bits per heavy atom. The summed E-state index contributed by atoms with van der Waals surface area (Å²) in [6, 6.07) is 12.2. The molecule has 4 heterocycles. The van der Waals surface area contributed by atoms with Gasteiger partial charge in [-0.2, -0.15) is 0 Å². The average molecular weight is 384 g/mol. The van der Waals surface area contributed by atoms with Gasteiger partial charge in [0.2, 0.25) is 0 Å². The molecule has 1 N–H and O–H groups in total. The first kappa shape index (κ1) is 16.7. The predicted molar refractivity (Wildman–Crippen MR) is 110 cm³/mol. The first-order valence-corrected chi connectivity index (χ1v) is 10.1. The molecule has 2 amide bonds. The molecule has 144 valence electrons. The van der Waals surface area contributed by atoms with Crippen LogP contribution in [0, 0.1) is 0 Å². The van der Waals surface area contributed by atoms with E-state index >= 15 is 0 Å². The molecule has 0 saturated carbocycles. The highest BCUT2D eigenvalue weighted by Crippen LogP contribution is 2.38. The van der Waals surface area contributed by atoms with E-state index in [1.807, 2.05) is 18.2 Å². The molecular formula is C24H20N2O3. The fraction of sp³-hybridized carbons (Fsp3) is 0.250. The monoisotopic (exact) mass is 384 g/mol. The van der Waals surface area contributed by atoms with Crippen molar-refractivity contribution in [3.8, 4) is 0 Å². The highest BCUT2D eigenvalue weighted by atomic mass is 16.5. The fourth-order valence-corrected chi connectivity index (χ4v) is 4.93. The summed E-state index contributed by atoms with van der Waals surface area (Å²) in [5, 5.41) is 3.57. The molecule has 0 spiro atoms. The van der Waals surface area contributed by atoms with Crippen LogP contribution in [0.2, 0.25) is 0 Å². The van der Waals surface area contributed by atoms with E-state index in [1.165, 1.54) is 17.5 Å². The van der Waals surface area contributed by atoms with Gasteiger partial charge in [-0.3, -0.25) is 14.9 Å². The van der Waals surface area contributed by atoms with Crippen molar-refractivity contribution in [3.63, 3.8) is 0 Å². The normalized spacial score (nSPS) is 18.3. The summed E-state index contributed by atoms with van der Waals surface area (Å²) in [5.41, 5.74) is 7.30. The second kappa shape index (κ2) is 6.16. The summed E-state index contributed by atoms with van der Waals surface area (Å²) in [6.07, 6.45) is 5.38. The Morgan fingerprint density at radius 2 is 1.76 bits per heavy atom. The van der Waals surface area contributed by atoms with E-state index < -0.39 is 0 Å². The zero-order valence-corrected chi connectivity index (χ0v) is 16.0. The number of rotatable bonds is 2. The van der Waals surface area contributed by atoms with Gasteiger partial charge in [-0.15, -0.1) is 0 Å². The number of hydrogen-bond donors (Lipinski definition) is 1. The Balaban J connectivity index is 1.62. The first-order valence-electron chi connectivity index (χ1n) is 10.1. The van der Waals surface area contributed by atoms with Gasteiger partial charge in [0, 0.05) is 23.7 Å². The van der Waals surface area contributed by atoms with E-state index in [0.29, 0.717) is 24.4 Å². The number of nitrogens with zero attached hydrogens (tertiary/aromatic N) is 1. The summed E-state index contributed by atoms with van der Waals surface area (Å²) >= 11 is 0. The Morgan fingerprint density at radius 3 is 2.69 bits per heavy atom. The van der Waals surface area contributed by atoms with Crippen molar-refractivity contribution < 1.29 is 14.3 Å². The standard InChI is InChI=1S/C24H20N2O3/c27-23-20(15-7-8-16-12-29-13-17(16)10-15)21(24(28)25-23)19-11-26-9-2-1-4-14-5-3-6-18(19)22(14)26/h3,5-8,10-11H,1-2,4,9,12-13H2,(H,25,27,28). The molecule has 0 radical (unpaired) electrons. The van der Waals surface area contributed by atoms with Gasteiger partial charge >= 0.3 is 0 Å².